The summed E-state index contributed by atoms with van der Waals surface area (Å²) in [5, 5.41) is 3.43. The van der Waals surface area contributed by atoms with Gasteiger partial charge in [0.15, 0.2) is 0 Å². The quantitative estimate of drug-likeness (QED) is 0.892. The standard InChI is InChI=1S/C17H21FN2/c1-4-8-20-17(14-7-9-19-13(3)11-14)15-10-12(2)5-6-16(15)18/h5-7,9-11,17,20H,4,8H2,1-3H3. The van der Waals surface area contributed by atoms with E-state index < -0.39 is 0 Å². The Morgan fingerprint density at radius 1 is 1.20 bits per heavy atom. The molecule has 0 saturated carbocycles. The number of rotatable bonds is 5. The Balaban J connectivity index is 2.44. The van der Waals surface area contributed by atoms with E-state index in [0.29, 0.717) is 5.56 Å². The van der Waals surface area contributed by atoms with E-state index in [9.17, 15) is 4.39 Å². The van der Waals surface area contributed by atoms with E-state index >= 15 is 0 Å². The van der Waals surface area contributed by atoms with Crippen LogP contribution in [0.1, 0.15) is 41.8 Å². The second-order valence-electron chi connectivity index (χ2n) is 5.14. The lowest BCUT2D eigenvalue weighted by Crippen LogP contribution is -2.24. The number of halogens is 1. The number of nitrogens with one attached hydrogen (secondary N) is 1. The Hall–Kier alpha value is -1.74. The molecule has 0 radical (unpaired) electrons. The van der Waals surface area contributed by atoms with Gasteiger partial charge in [-0.25, -0.2) is 4.39 Å². The normalized spacial score (nSPS) is 12.4. The first-order valence-corrected chi connectivity index (χ1v) is 7.03. The van der Waals surface area contributed by atoms with E-state index in [1.807, 2.05) is 32.0 Å². The number of benzene rings is 1. The summed E-state index contributed by atoms with van der Waals surface area (Å²) in [6, 6.07) is 9.08. The molecule has 0 amide bonds. The average molecular weight is 272 g/mol. The number of aromatic nitrogens is 1. The molecule has 1 heterocycles. The fourth-order valence-electron chi connectivity index (χ4n) is 2.33. The minimum absolute atomic E-state index is 0.128. The third-order valence-corrected chi connectivity index (χ3v) is 3.32. The molecule has 20 heavy (non-hydrogen) atoms. The molecule has 106 valence electrons. The highest BCUT2D eigenvalue weighted by Crippen LogP contribution is 2.25. The van der Waals surface area contributed by atoms with Gasteiger partial charge in [-0.15, -0.1) is 0 Å². The van der Waals surface area contributed by atoms with Gasteiger partial charge < -0.3 is 5.32 Å². The molecule has 1 aromatic heterocycles. The van der Waals surface area contributed by atoms with Crippen molar-refractivity contribution in [2.75, 3.05) is 6.54 Å². The van der Waals surface area contributed by atoms with Gasteiger partial charge in [-0.2, -0.15) is 0 Å². The maximum Gasteiger partial charge on any atom is 0.128 e. The van der Waals surface area contributed by atoms with Crippen LogP contribution in [-0.4, -0.2) is 11.5 Å². The fourth-order valence-corrected chi connectivity index (χ4v) is 2.33. The summed E-state index contributed by atoms with van der Waals surface area (Å²) in [6.45, 7) is 6.89. The van der Waals surface area contributed by atoms with Gasteiger partial charge in [0.1, 0.15) is 5.82 Å². The minimum Gasteiger partial charge on any atom is -0.306 e. The first-order valence-electron chi connectivity index (χ1n) is 7.03. The van der Waals surface area contributed by atoms with Crippen LogP contribution < -0.4 is 5.32 Å². The molecule has 2 aromatic rings. The van der Waals surface area contributed by atoms with Crippen LogP contribution in [0.15, 0.2) is 36.5 Å². The number of hydrogen-bond acceptors (Lipinski definition) is 2. The number of hydrogen-bond donors (Lipinski definition) is 1. The van der Waals surface area contributed by atoms with Crippen molar-refractivity contribution in [2.24, 2.45) is 0 Å². The number of pyridine rings is 1. The van der Waals surface area contributed by atoms with Gasteiger partial charge in [-0.3, -0.25) is 4.98 Å². The zero-order valence-electron chi connectivity index (χ0n) is 12.3. The predicted octanol–water partition coefficient (Wildman–Crippen LogP) is 3.93. The second kappa shape index (κ2) is 6.62. The first-order chi connectivity index (χ1) is 9.61. The lowest BCUT2D eigenvalue weighted by atomic mass is 9.97. The highest BCUT2D eigenvalue weighted by molar-refractivity contribution is 5.35. The van der Waals surface area contributed by atoms with Crippen LogP contribution >= 0.6 is 0 Å². The van der Waals surface area contributed by atoms with Gasteiger partial charge in [0, 0.05) is 17.5 Å². The molecule has 1 atom stereocenters. The molecule has 0 saturated heterocycles. The molecule has 0 aliphatic carbocycles. The van der Waals surface area contributed by atoms with Crippen molar-refractivity contribution in [3.63, 3.8) is 0 Å². The van der Waals surface area contributed by atoms with Crippen LogP contribution in [0.3, 0.4) is 0 Å². The fraction of sp³-hybridized carbons (Fsp3) is 0.353. The summed E-state index contributed by atoms with van der Waals surface area (Å²) in [5.41, 5.74) is 3.76. The smallest absolute Gasteiger partial charge is 0.128 e. The average Bonchev–Trinajstić information content (AvgIpc) is 2.43. The van der Waals surface area contributed by atoms with E-state index in [-0.39, 0.29) is 11.9 Å². The maximum absolute atomic E-state index is 14.2. The third-order valence-electron chi connectivity index (χ3n) is 3.32. The van der Waals surface area contributed by atoms with Crippen molar-refractivity contribution in [2.45, 2.75) is 33.2 Å². The van der Waals surface area contributed by atoms with Gasteiger partial charge in [0.05, 0.1) is 6.04 Å². The largest absolute Gasteiger partial charge is 0.306 e. The van der Waals surface area contributed by atoms with Crippen molar-refractivity contribution < 1.29 is 4.39 Å². The molecule has 1 aromatic carbocycles. The van der Waals surface area contributed by atoms with Crippen LogP contribution in [0.2, 0.25) is 0 Å². The van der Waals surface area contributed by atoms with Crippen LogP contribution in [0.25, 0.3) is 0 Å². The van der Waals surface area contributed by atoms with Gasteiger partial charge in [0.2, 0.25) is 0 Å². The molecule has 2 nitrogen and oxygen atoms in total. The molecule has 2 rings (SSSR count). The van der Waals surface area contributed by atoms with Gasteiger partial charge in [0.25, 0.3) is 0 Å². The zero-order valence-corrected chi connectivity index (χ0v) is 12.3. The molecule has 1 unspecified atom stereocenters. The molecule has 0 aliphatic rings. The van der Waals surface area contributed by atoms with Gasteiger partial charge in [-0.1, -0.05) is 24.6 Å². The molecular formula is C17H21FN2. The Bertz CT molecular complexity index is 581. The molecule has 0 bridgehead atoms. The monoisotopic (exact) mass is 272 g/mol. The topological polar surface area (TPSA) is 24.9 Å². The maximum atomic E-state index is 14.2. The van der Waals surface area contributed by atoms with Crippen molar-refractivity contribution in [1.29, 1.82) is 0 Å². The Morgan fingerprint density at radius 3 is 2.70 bits per heavy atom. The highest BCUT2D eigenvalue weighted by Gasteiger charge is 2.17. The molecule has 0 spiro atoms. The SMILES string of the molecule is CCCNC(c1ccnc(C)c1)c1cc(C)ccc1F. The van der Waals surface area contributed by atoms with Crippen molar-refractivity contribution in [3.8, 4) is 0 Å². The lowest BCUT2D eigenvalue weighted by Gasteiger charge is -2.21. The molecule has 3 heteroatoms. The van der Waals surface area contributed by atoms with Gasteiger partial charge >= 0.3 is 0 Å². The van der Waals surface area contributed by atoms with Gasteiger partial charge in [-0.05, 0) is 50.6 Å². The van der Waals surface area contributed by atoms with Crippen LogP contribution in [0.4, 0.5) is 4.39 Å². The molecular weight excluding hydrogens is 251 g/mol. The van der Waals surface area contributed by atoms with Crippen molar-refractivity contribution >= 4 is 0 Å². The first kappa shape index (κ1) is 14.7. The second-order valence-corrected chi connectivity index (χ2v) is 5.14. The summed E-state index contributed by atoms with van der Waals surface area (Å²) in [7, 11) is 0. The predicted molar refractivity (Wildman–Crippen MR) is 80.2 cm³/mol. The number of nitrogens with zero attached hydrogens (tertiary/aromatic N) is 1. The minimum atomic E-state index is -0.168. The summed E-state index contributed by atoms with van der Waals surface area (Å²) in [6.07, 6.45) is 2.78. The van der Waals surface area contributed by atoms with Crippen molar-refractivity contribution in [1.82, 2.24) is 10.3 Å². The van der Waals surface area contributed by atoms with Crippen LogP contribution in [-0.2, 0) is 0 Å². The third kappa shape index (κ3) is 3.42. The Labute approximate surface area is 120 Å². The zero-order chi connectivity index (χ0) is 14.5. The van der Waals surface area contributed by atoms with Crippen molar-refractivity contribution in [3.05, 3.63) is 64.7 Å². The van der Waals surface area contributed by atoms with E-state index in [0.717, 1.165) is 29.8 Å². The van der Waals surface area contributed by atoms with E-state index in [1.165, 1.54) is 0 Å². The molecule has 0 aliphatic heterocycles. The van der Waals surface area contributed by atoms with E-state index in [1.54, 1.807) is 18.3 Å². The van der Waals surface area contributed by atoms with Crippen LogP contribution in [0.5, 0.6) is 0 Å². The molecule has 0 fully saturated rings. The highest BCUT2D eigenvalue weighted by atomic mass is 19.1. The summed E-state index contributed by atoms with van der Waals surface area (Å²) in [4.78, 5) is 4.21. The summed E-state index contributed by atoms with van der Waals surface area (Å²) < 4.78 is 14.2. The molecule has 1 N–H and O–H groups in total. The van der Waals surface area contributed by atoms with Crippen LogP contribution in [0, 0.1) is 19.7 Å². The summed E-state index contributed by atoms with van der Waals surface area (Å²) >= 11 is 0. The van der Waals surface area contributed by atoms with E-state index in [4.69, 9.17) is 0 Å². The Kier molecular flexibility index (Phi) is 4.85. The van der Waals surface area contributed by atoms with E-state index in [2.05, 4.69) is 17.2 Å². The lowest BCUT2D eigenvalue weighted by molar-refractivity contribution is 0.545. The number of aryl methyl sites for hydroxylation is 2. The summed E-state index contributed by atoms with van der Waals surface area (Å²) in [5.74, 6) is -0.168. The Morgan fingerprint density at radius 2 is 2.00 bits per heavy atom.